The third kappa shape index (κ3) is 2.47. The number of hydrogen-bond donors (Lipinski definition) is 1. The molecular formula is C16H19N3OS. The molecule has 110 valence electrons. The Balaban J connectivity index is 2.18. The number of benzene rings is 1. The lowest BCUT2D eigenvalue weighted by Gasteiger charge is -2.31. The van der Waals surface area contributed by atoms with Gasteiger partial charge in [0.2, 0.25) is 0 Å². The number of para-hydroxylation sites is 1. The molecule has 2 atom stereocenters. The maximum Gasteiger partial charge on any atom is 0.107 e. The van der Waals surface area contributed by atoms with Crippen LogP contribution in [0.4, 0.5) is 5.69 Å². The van der Waals surface area contributed by atoms with E-state index in [2.05, 4.69) is 29.9 Å². The first-order valence-corrected chi connectivity index (χ1v) is 7.52. The molecule has 21 heavy (non-hydrogen) atoms. The standard InChI is InChI=1S/C16H19N3OS/c1-10-14(7-8-20-10)19(2)15-11-5-3-4-6-13(11)18-9-12(15)16(17)21/h3-6,9-10,14H,7-8H2,1-2H3,(H2,17,21). The molecule has 4 nitrogen and oxygen atoms in total. The van der Waals surface area contributed by atoms with Crippen LogP contribution < -0.4 is 10.6 Å². The van der Waals surface area contributed by atoms with E-state index >= 15 is 0 Å². The van der Waals surface area contributed by atoms with Gasteiger partial charge < -0.3 is 15.4 Å². The van der Waals surface area contributed by atoms with E-state index in [1.807, 2.05) is 18.2 Å². The molecule has 1 aliphatic rings. The van der Waals surface area contributed by atoms with E-state index < -0.39 is 0 Å². The number of ether oxygens (including phenoxy) is 1. The Kier molecular flexibility index (Phi) is 3.78. The molecule has 2 heterocycles. The molecule has 1 saturated heterocycles. The lowest BCUT2D eigenvalue weighted by molar-refractivity contribution is 0.118. The van der Waals surface area contributed by atoms with Crippen molar-refractivity contribution in [1.82, 2.24) is 4.98 Å². The van der Waals surface area contributed by atoms with Gasteiger partial charge in [-0.25, -0.2) is 0 Å². The number of nitrogens with zero attached hydrogens (tertiary/aromatic N) is 2. The van der Waals surface area contributed by atoms with E-state index in [1.165, 1.54) is 0 Å². The highest BCUT2D eigenvalue weighted by Gasteiger charge is 2.30. The zero-order valence-corrected chi connectivity index (χ0v) is 13.1. The highest BCUT2D eigenvalue weighted by Crippen LogP contribution is 2.33. The molecule has 0 bridgehead atoms. The van der Waals surface area contributed by atoms with Crippen molar-refractivity contribution in [2.75, 3.05) is 18.6 Å². The first-order valence-electron chi connectivity index (χ1n) is 7.11. The Bertz CT molecular complexity index is 688. The first-order chi connectivity index (χ1) is 10.1. The second-order valence-electron chi connectivity index (χ2n) is 5.44. The molecule has 3 rings (SSSR count). The molecule has 0 saturated carbocycles. The number of anilines is 1. The number of thiocarbonyl (C=S) groups is 1. The van der Waals surface area contributed by atoms with E-state index in [4.69, 9.17) is 22.7 Å². The van der Waals surface area contributed by atoms with Gasteiger partial charge in [0.1, 0.15) is 4.99 Å². The number of aromatic nitrogens is 1. The zero-order valence-electron chi connectivity index (χ0n) is 12.2. The van der Waals surface area contributed by atoms with Gasteiger partial charge in [-0.2, -0.15) is 0 Å². The molecule has 2 aromatic rings. The molecule has 1 aliphatic heterocycles. The summed E-state index contributed by atoms with van der Waals surface area (Å²) in [5.41, 5.74) is 8.74. The van der Waals surface area contributed by atoms with E-state index in [0.717, 1.165) is 35.2 Å². The van der Waals surface area contributed by atoms with Crippen LogP contribution in [0.25, 0.3) is 10.9 Å². The second-order valence-corrected chi connectivity index (χ2v) is 5.88. The smallest absolute Gasteiger partial charge is 0.107 e. The summed E-state index contributed by atoms with van der Waals surface area (Å²) in [5.74, 6) is 0. The highest BCUT2D eigenvalue weighted by atomic mass is 32.1. The average Bonchev–Trinajstić information content (AvgIpc) is 2.91. The summed E-state index contributed by atoms with van der Waals surface area (Å²) in [4.78, 5) is 7.09. The molecule has 1 fully saturated rings. The van der Waals surface area contributed by atoms with Crippen LogP contribution in [0.15, 0.2) is 30.5 Å². The molecule has 2 unspecified atom stereocenters. The number of likely N-dealkylation sites (N-methyl/N-ethyl adjacent to an activating group) is 1. The third-order valence-corrected chi connectivity index (χ3v) is 4.42. The van der Waals surface area contributed by atoms with Crippen LogP contribution >= 0.6 is 12.2 Å². The topological polar surface area (TPSA) is 51.4 Å². The van der Waals surface area contributed by atoms with E-state index in [-0.39, 0.29) is 6.10 Å². The Morgan fingerprint density at radius 1 is 1.43 bits per heavy atom. The summed E-state index contributed by atoms with van der Waals surface area (Å²) in [5, 5.41) is 1.07. The van der Waals surface area contributed by atoms with E-state index in [9.17, 15) is 0 Å². The minimum Gasteiger partial charge on any atom is -0.389 e. The van der Waals surface area contributed by atoms with E-state index in [0.29, 0.717) is 11.0 Å². The van der Waals surface area contributed by atoms with Crippen molar-refractivity contribution in [2.24, 2.45) is 5.73 Å². The van der Waals surface area contributed by atoms with Crippen molar-refractivity contribution in [3.05, 3.63) is 36.0 Å². The molecule has 0 amide bonds. The SMILES string of the molecule is CC1OCCC1N(C)c1c(C(N)=S)cnc2ccccc12. The quantitative estimate of drug-likeness (QED) is 0.883. The summed E-state index contributed by atoms with van der Waals surface area (Å²) in [6, 6.07) is 8.39. The molecule has 0 aliphatic carbocycles. The van der Waals surface area contributed by atoms with Gasteiger partial charge in [-0.15, -0.1) is 0 Å². The van der Waals surface area contributed by atoms with Gasteiger partial charge in [0.15, 0.2) is 0 Å². The zero-order chi connectivity index (χ0) is 15.0. The molecule has 1 aromatic carbocycles. The lowest BCUT2D eigenvalue weighted by atomic mass is 10.0. The second kappa shape index (κ2) is 5.58. The van der Waals surface area contributed by atoms with Crippen LogP contribution in [0.5, 0.6) is 0 Å². The molecular weight excluding hydrogens is 282 g/mol. The average molecular weight is 301 g/mol. The highest BCUT2D eigenvalue weighted by molar-refractivity contribution is 7.80. The normalized spacial score (nSPS) is 21.6. The summed E-state index contributed by atoms with van der Waals surface area (Å²) in [6.07, 6.45) is 2.98. The Labute approximate surface area is 129 Å². The van der Waals surface area contributed by atoms with Crippen LogP contribution in [0.1, 0.15) is 18.9 Å². The lowest BCUT2D eigenvalue weighted by Crippen LogP contribution is -2.38. The van der Waals surface area contributed by atoms with Gasteiger partial charge in [-0.05, 0) is 19.4 Å². The largest absolute Gasteiger partial charge is 0.389 e. The Morgan fingerprint density at radius 2 is 2.19 bits per heavy atom. The Hall–Kier alpha value is -1.72. The van der Waals surface area contributed by atoms with Crippen molar-refractivity contribution in [2.45, 2.75) is 25.5 Å². The monoisotopic (exact) mass is 301 g/mol. The van der Waals surface area contributed by atoms with Gasteiger partial charge >= 0.3 is 0 Å². The predicted octanol–water partition coefficient (Wildman–Crippen LogP) is 2.48. The van der Waals surface area contributed by atoms with Crippen LogP contribution in [0.2, 0.25) is 0 Å². The summed E-state index contributed by atoms with van der Waals surface area (Å²) in [6.45, 7) is 2.90. The van der Waals surface area contributed by atoms with Crippen molar-refractivity contribution < 1.29 is 4.74 Å². The van der Waals surface area contributed by atoms with Crippen molar-refractivity contribution in [3.63, 3.8) is 0 Å². The molecule has 5 heteroatoms. The van der Waals surface area contributed by atoms with Gasteiger partial charge in [0.05, 0.1) is 28.9 Å². The summed E-state index contributed by atoms with van der Waals surface area (Å²) < 4.78 is 5.70. The number of fused-ring (bicyclic) bond motifs is 1. The van der Waals surface area contributed by atoms with Gasteiger partial charge in [0, 0.05) is 25.2 Å². The molecule has 1 aromatic heterocycles. The first kappa shape index (κ1) is 14.2. The maximum absolute atomic E-state index is 5.91. The number of rotatable bonds is 3. The Morgan fingerprint density at radius 3 is 2.86 bits per heavy atom. The predicted molar refractivity (Wildman–Crippen MR) is 89.9 cm³/mol. The molecule has 0 radical (unpaired) electrons. The van der Waals surface area contributed by atoms with Crippen LogP contribution in [0, 0.1) is 0 Å². The molecule has 2 N–H and O–H groups in total. The van der Waals surface area contributed by atoms with Gasteiger partial charge in [0.25, 0.3) is 0 Å². The van der Waals surface area contributed by atoms with Crippen LogP contribution in [-0.4, -0.2) is 35.8 Å². The van der Waals surface area contributed by atoms with Crippen LogP contribution in [-0.2, 0) is 4.74 Å². The minimum atomic E-state index is 0.195. The van der Waals surface area contributed by atoms with Crippen molar-refractivity contribution in [3.8, 4) is 0 Å². The van der Waals surface area contributed by atoms with Crippen molar-refractivity contribution in [1.29, 1.82) is 0 Å². The molecule has 0 spiro atoms. The van der Waals surface area contributed by atoms with Gasteiger partial charge in [-0.3, -0.25) is 4.98 Å². The fourth-order valence-electron chi connectivity index (χ4n) is 3.08. The van der Waals surface area contributed by atoms with Crippen molar-refractivity contribution >= 4 is 33.8 Å². The number of nitrogens with two attached hydrogens (primary N) is 1. The number of hydrogen-bond acceptors (Lipinski definition) is 4. The fourth-order valence-corrected chi connectivity index (χ4v) is 3.23. The van der Waals surface area contributed by atoms with Gasteiger partial charge in [-0.1, -0.05) is 30.4 Å². The van der Waals surface area contributed by atoms with E-state index in [1.54, 1.807) is 6.20 Å². The summed E-state index contributed by atoms with van der Waals surface area (Å²) >= 11 is 5.22. The van der Waals surface area contributed by atoms with Crippen LogP contribution in [0.3, 0.4) is 0 Å². The number of pyridine rings is 1. The summed E-state index contributed by atoms with van der Waals surface area (Å²) in [7, 11) is 2.08. The maximum atomic E-state index is 5.91. The minimum absolute atomic E-state index is 0.195. The third-order valence-electron chi connectivity index (χ3n) is 4.20. The fraction of sp³-hybridized carbons (Fsp3) is 0.375.